The Labute approximate surface area is 127 Å². The average molecular weight is 246 g/mol. The fraction of sp³-hybridized carbons (Fsp3) is 0.438. The standard InChI is InChI=1S/C16H19N2.Li/c1-13-12-17-16(14-8-4-2-5-9-14)18(13)15-10-6-3-7-11-15;/h2,4-5,8,12,15H,3,6-7,10-11H2,1H3;/q-1;+1. The molecule has 0 atom stereocenters. The molecule has 0 N–H and O–H groups in total. The second-order valence-corrected chi connectivity index (χ2v) is 5.16. The van der Waals surface area contributed by atoms with Crippen LogP contribution in [0.2, 0.25) is 0 Å². The van der Waals surface area contributed by atoms with Crippen molar-refractivity contribution in [3.8, 4) is 11.4 Å². The minimum absolute atomic E-state index is 0. The molecular formula is C16H19LiN2. The molecule has 0 aliphatic heterocycles. The first-order valence-electron chi connectivity index (χ1n) is 6.87. The van der Waals surface area contributed by atoms with Crippen LogP contribution in [0.4, 0.5) is 0 Å². The molecule has 0 bridgehead atoms. The van der Waals surface area contributed by atoms with Crippen LogP contribution in [0.5, 0.6) is 0 Å². The van der Waals surface area contributed by atoms with Crippen molar-refractivity contribution >= 4 is 0 Å². The van der Waals surface area contributed by atoms with Crippen LogP contribution in [-0.4, -0.2) is 9.55 Å². The minimum Gasteiger partial charge on any atom is -0.365 e. The van der Waals surface area contributed by atoms with Crippen LogP contribution in [-0.2, 0) is 0 Å². The largest absolute Gasteiger partial charge is 1.00 e. The van der Waals surface area contributed by atoms with E-state index in [1.165, 1.54) is 37.8 Å². The summed E-state index contributed by atoms with van der Waals surface area (Å²) in [6.45, 7) is 2.16. The first kappa shape index (κ1) is 14.4. The van der Waals surface area contributed by atoms with Crippen LogP contribution in [0, 0.1) is 13.0 Å². The number of imidazole rings is 1. The van der Waals surface area contributed by atoms with Gasteiger partial charge in [-0.1, -0.05) is 19.3 Å². The van der Waals surface area contributed by atoms with E-state index in [4.69, 9.17) is 0 Å². The molecule has 1 aromatic heterocycles. The van der Waals surface area contributed by atoms with E-state index in [1.54, 1.807) is 0 Å². The zero-order chi connectivity index (χ0) is 12.4. The molecule has 1 fully saturated rings. The Morgan fingerprint density at radius 3 is 2.68 bits per heavy atom. The fourth-order valence-electron chi connectivity index (χ4n) is 2.98. The first-order chi connectivity index (χ1) is 8.86. The molecule has 1 aliphatic carbocycles. The van der Waals surface area contributed by atoms with Gasteiger partial charge in [-0.25, -0.2) is 0 Å². The van der Waals surface area contributed by atoms with Crippen LogP contribution in [0.1, 0.15) is 43.8 Å². The molecule has 1 aromatic carbocycles. The summed E-state index contributed by atoms with van der Waals surface area (Å²) in [5.74, 6) is 1.08. The van der Waals surface area contributed by atoms with Crippen LogP contribution < -0.4 is 18.9 Å². The van der Waals surface area contributed by atoms with E-state index in [0.29, 0.717) is 6.04 Å². The van der Waals surface area contributed by atoms with Crippen LogP contribution in [0.25, 0.3) is 11.4 Å². The van der Waals surface area contributed by atoms with Gasteiger partial charge in [0.25, 0.3) is 0 Å². The molecule has 1 heterocycles. The van der Waals surface area contributed by atoms with E-state index in [-0.39, 0.29) is 18.9 Å². The Hall–Kier alpha value is -0.973. The Morgan fingerprint density at radius 2 is 2.00 bits per heavy atom. The molecule has 3 rings (SSSR count). The second-order valence-electron chi connectivity index (χ2n) is 5.16. The monoisotopic (exact) mass is 246 g/mol. The smallest absolute Gasteiger partial charge is 0.365 e. The van der Waals surface area contributed by atoms with Gasteiger partial charge in [0.2, 0.25) is 0 Å². The summed E-state index contributed by atoms with van der Waals surface area (Å²) in [5, 5.41) is 0. The van der Waals surface area contributed by atoms with E-state index in [0.717, 1.165) is 11.4 Å². The molecule has 0 unspecified atom stereocenters. The van der Waals surface area contributed by atoms with Gasteiger partial charge in [0.15, 0.2) is 0 Å². The molecule has 2 nitrogen and oxygen atoms in total. The zero-order valence-corrected chi connectivity index (χ0v) is 11.9. The molecule has 0 amide bonds. The molecule has 94 valence electrons. The van der Waals surface area contributed by atoms with Gasteiger partial charge < -0.3 is 4.57 Å². The number of rotatable bonds is 2. The van der Waals surface area contributed by atoms with Gasteiger partial charge in [0, 0.05) is 17.9 Å². The van der Waals surface area contributed by atoms with E-state index in [1.807, 2.05) is 18.3 Å². The number of aromatic nitrogens is 2. The predicted octanol–water partition coefficient (Wildman–Crippen LogP) is 1.17. The van der Waals surface area contributed by atoms with Gasteiger partial charge >= 0.3 is 18.9 Å². The van der Waals surface area contributed by atoms with E-state index in [9.17, 15) is 0 Å². The third-order valence-electron chi connectivity index (χ3n) is 3.87. The Bertz CT molecular complexity index is 513. The Balaban J connectivity index is 0.00000133. The second kappa shape index (κ2) is 6.46. The number of aryl methyl sites for hydroxylation is 1. The minimum atomic E-state index is 0. The van der Waals surface area contributed by atoms with Gasteiger partial charge in [-0.15, -0.1) is 35.9 Å². The number of nitrogens with zero attached hydrogens (tertiary/aromatic N) is 2. The molecule has 0 saturated heterocycles. The maximum Gasteiger partial charge on any atom is 1.00 e. The quantitative estimate of drug-likeness (QED) is 0.574. The summed E-state index contributed by atoms with van der Waals surface area (Å²) >= 11 is 0. The van der Waals surface area contributed by atoms with Crippen LogP contribution in [0.3, 0.4) is 0 Å². The van der Waals surface area contributed by atoms with E-state index in [2.05, 4.69) is 34.7 Å². The van der Waals surface area contributed by atoms with E-state index >= 15 is 0 Å². The third-order valence-corrected chi connectivity index (χ3v) is 3.87. The first-order valence-corrected chi connectivity index (χ1v) is 6.87. The Kier molecular flexibility index (Phi) is 4.91. The summed E-state index contributed by atoms with van der Waals surface area (Å²) in [5.41, 5.74) is 2.38. The maximum atomic E-state index is 4.59. The number of hydrogen-bond acceptors (Lipinski definition) is 1. The Morgan fingerprint density at radius 1 is 1.21 bits per heavy atom. The molecule has 19 heavy (non-hydrogen) atoms. The van der Waals surface area contributed by atoms with Crippen molar-refractivity contribution in [2.24, 2.45) is 0 Å². The van der Waals surface area contributed by atoms with Crippen molar-refractivity contribution in [1.29, 1.82) is 0 Å². The molecule has 1 saturated carbocycles. The SMILES string of the molecule is Cc1cnc(-c2[c-]cccc2)n1C1CCCCC1.[Li+]. The van der Waals surface area contributed by atoms with Gasteiger partial charge in [0.05, 0.1) is 5.82 Å². The average Bonchev–Trinajstić information content (AvgIpc) is 2.83. The summed E-state index contributed by atoms with van der Waals surface area (Å²) in [4.78, 5) is 4.59. The molecule has 0 radical (unpaired) electrons. The number of benzene rings is 1. The van der Waals surface area contributed by atoms with Crippen molar-refractivity contribution in [1.82, 2.24) is 9.55 Å². The van der Waals surface area contributed by atoms with Crippen molar-refractivity contribution in [2.75, 3.05) is 0 Å². The van der Waals surface area contributed by atoms with Crippen molar-refractivity contribution in [2.45, 2.75) is 45.1 Å². The van der Waals surface area contributed by atoms with Crippen LogP contribution >= 0.6 is 0 Å². The van der Waals surface area contributed by atoms with Crippen LogP contribution in [0.15, 0.2) is 30.5 Å². The topological polar surface area (TPSA) is 17.8 Å². The summed E-state index contributed by atoms with van der Waals surface area (Å²) < 4.78 is 2.42. The summed E-state index contributed by atoms with van der Waals surface area (Å²) in [7, 11) is 0. The van der Waals surface area contributed by atoms with Gasteiger partial charge in [-0.2, -0.15) is 0 Å². The molecule has 1 aliphatic rings. The normalized spacial score (nSPS) is 16.1. The molecular weight excluding hydrogens is 227 g/mol. The van der Waals surface area contributed by atoms with Gasteiger partial charge in [0.1, 0.15) is 0 Å². The molecule has 0 spiro atoms. The molecule has 3 heteroatoms. The summed E-state index contributed by atoms with van der Waals surface area (Å²) in [6, 6.07) is 12.0. The van der Waals surface area contributed by atoms with Gasteiger partial charge in [-0.3, -0.25) is 4.98 Å². The maximum absolute atomic E-state index is 4.59. The van der Waals surface area contributed by atoms with Crippen molar-refractivity contribution in [3.05, 3.63) is 42.2 Å². The number of hydrogen-bond donors (Lipinski definition) is 0. The predicted molar refractivity (Wildman–Crippen MR) is 73.4 cm³/mol. The van der Waals surface area contributed by atoms with E-state index < -0.39 is 0 Å². The fourth-order valence-corrected chi connectivity index (χ4v) is 2.98. The van der Waals surface area contributed by atoms with Crippen molar-refractivity contribution in [3.63, 3.8) is 0 Å². The third kappa shape index (κ3) is 2.96. The zero-order valence-electron chi connectivity index (χ0n) is 11.9. The van der Waals surface area contributed by atoms with Crippen molar-refractivity contribution < 1.29 is 18.9 Å². The summed E-state index contributed by atoms with van der Waals surface area (Å²) in [6.07, 6.45) is 8.65. The van der Waals surface area contributed by atoms with Gasteiger partial charge in [-0.05, 0) is 19.8 Å². The molecule has 2 aromatic rings.